The summed E-state index contributed by atoms with van der Waals surface area (Å²) in [6.45, 7) is 1.11. The zero-order valence-corrected chi connectivity index (χ0v) is 12.2. The van der Waals surface area contributed by atoms with E-state index >= 15 is 0 Å². The minimum Gasteiger partial charge on any atom is -0.494 e. The molecular weight excluding hydrogens is 288 g/mol. The first kappa shape index (κ1) is 16.2. The lowest BCUT2D eigenvalue weighted by atomic mass is 10.2. The Kier molecular flexibility index (Phi) is 6.15. The third-order valence-electron chi connectivity index (χ3n) is 3.14. The molecule has 5 heteroatoms. The van der Waals surface area contributed by atoms with Crippen LogP contribution in [-0.4, -0.2) is 13.2 Å². The standard InChI is InChI=1S/C17H19F2NO2/c18-16-4-3-5-17(19)15(16)12-22-14-8-6-13(7-9-14)21-11-2-1-10-20/h3-9H,1-2,10-12,20H2. The van der Waals surface area contributed by atoms with Crippen LogP contribution >= 0.6 is 0 Å². The lowest BCUT2D eigenvalue weighted by Gasteiger charge is -2.09. The molecule has 0 atom stereocenters. The largest absolute Gasteiger partial charge is 0.494 e. The molecule has 0 unspecified atom stereocenters. The molecule has 0 amide bonds. The molecule has 2 rings (SSSR count). The van der Waals surface area contributed by atoms with Gasteiger partial charge in [-0.15, -0.1) is 0 Å². The van der Waals surface area contributed by atoms with Gasteiger partial charge in [-0.25, -0.2) is 8.78 Å². The van der Waals surface area contributed by atoms with Crippen LogP contribution in [0.5, 0.6) is 11.5 Å². The Balaban J connectivity index is 1.86. The first-order chi connectivity index (χ1) is 10.7. The number of halogens is 2. The summed E-state index contributed by atoms with van der Waals surface area (Å²) in [6.07, 6.45) is 1.83. The lowest BCUT2D eigenvalue weighted by Crippen LogP contribution is -2.03. The zero-order chi connectivity index (χ0) is 15.8. The lowest BCUT2D eigenvalue weighted by molar-refractivity contribution is 0.289. The summed E-state index contributed by atoms with van der Waals surface area (Å²) < 4.78 is 37.9. The molecule has 0 radical (unpaired) electrons. The molecule has 0 aliphatic heterocycles. The van der Waals surface area contributed by atoms with E-state index in [1.807, 2.05) is 0 Å². The van der Waals surface area contributed by atoms with E-state index in [-0.39, 0.29) is 12.2 Å². The van der Waals surface area contributed by atoms with E-state index in [0.29, 0.717) is 18.9 Å². The van der Waals surface area contributed by atoms with Crippen molar-refractivity contribution < 1.29 is 18.3 Å². The summed E-state index contributed by atoms with van der Waals surface area (Å²) in [5, 5.41) is 0. The fourth-order valence-electron chi connectivity index (χ4n) is 1.89. The highest BCUT2D eigenvalue weighted by atomic mass is 19.1. The second kappa shape index (κ2) is 8.34. The molecule has 0 spiro atoms. The summed E-state index contributed by atoms with van der Waals surface area (Å²) in [5.74, 6) is 0.0260. The Hall–Kier alpha value is -2.14. The Labute approximate surface area is 128 Å². The van der Waals surface area contributed by atoms with E-state index in [2.05, 4.69) is 0 Å². The van der Waals surface area contributed by atoms with Crippen LogP contribution in [0.4, 0.5) is 8.78 Å². The van der Waals surface area contributed by atoms with Crippen LogP contribution in [0, 0.1) is 11.6 Å². The number of rotatable bonds is 8. The molecule has 0 saturated heterocycles. The molecule has 2 N–H and O–H groups in total. The van der Waals surface area contributed by atoms with Gasteiger partial charge < -0.3 is 15.2 Å². The summed E-state index contributed by atoms with van der Waals surface area (Å²) in [7, 11) is 0. The van der Waals surface area contributed by atoms with E-state index < -0.39 is 11.6 Å². The van der Waals surface area contributed by atoms with Gasteiger partial charge in [0.1, 0.15) is 29.7 Å². The van der Waals surface area contributed by atoms with Crippen LogP contribution in [-0.2, 0) is 6.61 Å². The van der Waals surface area contributed by atoms with E-state index in [9.17, 15) is 8.78 Å². The Morgan fingerprint density at radius 2 is 1.41 bits per heavy atom. The summed E-state index contributed by atoms with van der Waals surface area (Å²) in [5.41, 5.74) is 5.33. The molecule has 0 aromatic heterocycles. The average Bonchev–Trinajstić information content (AvgIpc) is 2.52. The number of hydrogen-bond acceptors (Lipinski definition) is 3. The minimum atomic E-state index is -0.611. The highest BCUT2D eigenvalue weighted by Crippen LogP contribution is 2.20. The van der Waals surface area contributed by atoms with E-state index in [1.165, 1.54) is 18.2 Å². The first-order valence-corrected chi connectivity index (χ1v) is 7.19. The van der Waals surface area contributed by atoms with Crippen LogP contribution in [0.2, 0.25) is 0 Å². The number of ether oxygens (including phenoxy) is 2. The van der Waals surface area contributed by atoms with Crippen molar-refractivity contribution in [3.05, 3.63) is 59.7 Å². The van der Waals surface area contributed by atoms with Gasteiger partial charge in [-0.2, -0.15) is 0 Å². The van der Waals surface area contributed by atoms with Gasteiger partial charge in [-0.3, -0.25) is 0 Å². The zero-order valence-electron chi connectivity index (χ0n) is 12.2. The second-order valence-corrected chi connectivity index (χ2v) is 4.80. The molecule has 0 aliphatic carbocycles. The molecule has 22 heavy (non-hydrogen) atoms. The topological polar surface area (TPSA) is 44.5 Å². The minimum absolute atomic E-state index is 0.0791. The van der Waals surface area contributed by atoms with Gasteiger partial charge in [0.25, 0.3) is 0 Å². The third-order valence-corrected chi connectivity index (χ3v) is 3.14. The van der Waals surface area contributed by atoms with Crippen LogP contribution in [0.1, 0.15) is 18.4 Å². The van der Waals surface area contributed by atoms with Crippen molar-refractivity contribution in [3.63, 3.8) is 0 Å². The van der Waals surface area contributed by atoms with Crippen molar-refractivity contribution in [2.45, 2.75) is 19.4 Å². The van der Waals surface area contributed by atoms with Gasteiger partial charge in [0.2, 0.25) is 0 Å². The van der Waals surface area contributed by atoms with Crippen molar-refractivity contribution in [2.75, 3.05) is 13.2 Å². The molecule has 0 aliphatic rings. The number of unbranched alkanes of at least 4 members (excludes halogenated alkanes) is 1. The van der Waals surface area contributed by atoms with Gasteiger partial charge in [-0.1, -0.05) is 6.07 Å². The maximum atomic E-state index is 13.5. The second-order valence-electron chi connectivity index (χ2n) is 4.80. The van der Waals surface area contributed by atoms with Crippen molar-refractivity contribution in [1.29, 1.82) is 0 Å². The Bertz CT molecular complexity index is 567. The van der Waals surface area contributed by atoms with Gasteiger partial charge >= 0.3 is 0 Å². The van der Waals surface area contributed by atoms with Gasteiger partial charge in [-0.05, 0) is 55.8 Å². The monoisotopic (exact) mass is 307 g/mol. The van der Waals surface area contributed by atoms with Crippen molar-refractivity contribution in [2.24, 2.45) is 5.73 Å². The molecule has 0 heterocycles. The van der Waals surface area contributed by atoms with Crippen LogP contribution in [0.25, 0.3) is 0 Å². The maximum absolute atomic E-state index is 13.5. The van der Waals surface area contributed by atoms with Crippen LogP contribution < -0.4 is 15.2 Å². The molecule has 0 fully saturated rings. The Morgan fingerprint density at radius 3 is 2.00 bits per heavy atom. The normalized spacial score (nSPS) is 10.5. The Morgan fingerprint density at radius 1 is 0.818 bits per heavy atom. The van der Waals surface area contributed by atoms with Crippen molar-refractivity contribution in [1.82, 2.24) is 0 Å². The van der Waals surface area contributed by atoms with Crippen molar-refractivity contribution >= 4 is 0 Å². The van der Waals surface area contributed by atoms with Gasteiger partial charge in [0, 0.05) is 0 Å². The number of nitrogens with two attached hydrogens (primary N) is 1. The van der Waals surface area contributed by atoms with Gasteiger partial charge in [0.05, 0.1) is 12.2 Å². The summed E-state index contributed by atoms with van der Waals surface area (Å²) >= 11 is 0. The van der Waals surface area contributed by atoms with E-state index in [4.69, 9.17) is 15.2 Å². The van der Waals surface area contributed by atoms with Crippen molar-refractivity contribution in [3.8, 4) is 11.5 Å². The molecule has 0 bridgehead atoms. The smallest absolute Gasteiger partial charge is 0.132 e. The van der Waals surface area contributed by atoms with E-state index in [1.54, 1.807) is 24.3 Å². The highest BCUT2D eigenvalue weighted by molar-refractivity contribution is 5.31. The van der Waals surface area contributed by atoms with Crippen LogP contribution in [0.15, 0.2) is 42.5 Å². The molecule has 118 valence electrons. The van der Waals surface area contributed by atoms with Crippen LogP contribution in [0.3, 0.4) is 0 Å². The highest BCUT2D eigenvalue weighted by Gasteiger charge is 2.08. The molecule has 3 nitrogen and oxygen atoms in total. The fourth-order valence-corrected chi connectivity index (χ4v) is 1.89. The van der Waals surface area contributed by atoms with E-state index in [0.717, 1.165) is 18.6 Å². The fraction of sp³-hybridized carbons (Fsp3) is 0.294. The predicted octanol–water partition coefficient (Wildman–Crippen LogP) is 3.66. The molecule has 0 saturated carbocycles. The summed E-state index contributed by atoms with van der Waals surface area (Å²) in [4.78, 5) is 0. The molecule has 2 aromatic carbocycles. The maximum Gasteiger partial charge on any atom is 0.132 e. The molecule has 2 aromatic rings. The predicted molar refractivity (Wildman–Crippen MR) is 80.9 cm³/mol. The van der Waals surface area contributed by atoms with Gasteiger partial charge in [0.15, 0.2) is 0 Å². The summed E-state index contributed by atoms with van der Waals surface area (Å²) in [6, 6.07) is 10.7. The third kappa shape index (κ3) is 4.70. The quantitative estimate of drug-likeness (QED) is 0.757. The number of hydrogen-bond donors (Lipinski definition) is 1. The average molecular weight is 307 g/mol. The SMILES string of the molecule is NCCCCOc1ccc(OCc2c(F)cccc2F)cc1. The first-order valence-electron chi connectivity index (χ1n) is 7.19. The number of benzene rings is 2. The molecular formula is C17H19F2NO2.